The zero-order chi connectivity index (χ0) is 14.4. The summed E-state index contributed by atoms with van der Waals surface area (Å²) in [5, 5.41) is 13.3. The van der Waals surface area contributed by atoms with E-state index < -0.39 is 10.8 Å². The van der Waals surface area contributed by atoms with Gasteiger partial charge >= 0.3 is 0 Å². The Morgan fingerprint density at radius 1 is 1.42 bits per heavy atom. The van der Waals surface area contributed by atoms with E-state index in [1.165, 1.54) is 18.2 Å². The molecule has 0 saturated carbocycles. The van der Waals surface area contributed by atoms with Gasteiger partial charge in [0.25, 0.3) is 11.6 Å². The number of nitro benzene ring substituents is 1. The molecule has 1 atom stereocenters. The Morgan fingerprint density at radius 2 is 2.05 bits per heavy atom. The summed E-state index contributed by atoms with van der Waals surface area (Å²) < 4.78 is 0. The predicted molar refractivity (Wildman–Crippen MR) is 74.5 cm³/mol. The highest BCUT2D eigenvalue weighted by molar-refractivity contribution is 6.21. The highest BCUT2D eigenvalue weighted by Gasteiger charge is 2.19. The summed E-state index contributed by atoms with van der Waals surface area (Å²) in [6.45, 7) is 4.38. The molecule has 0 heterocycles. The maximum Gasteiger partial charge on any atom is 0.282 e. The maximum absolute atomic E-state index is 11.9. The first-order chi connectivity index (χ1) is 8.91. The minimum absolute atomic E-state index is 0.0564. The van der Waals surface area contributed by atoms with Gasteiger partial charge in [0.05, 0.1) is 10.3 Å². The van der Waals surface area contributed by atoms with Gasteiger partial charge in [-0.3, -0.25) is 14.9 Å². The Hall–Kier alpha value is -1.62. The molecular weight excluding hydrogens is 268 g/mol. The lowest BCUT2D eigenvalue weighted by atomic mass is 10.1. The Kier molecular flexibility index (Phi) is 5.76. The highest BCUT2D eigenvalue weighted by Crippen LogP contribution is 2.17. The lowest BCUT2D eigenvalue weighted by Gasteiger charge is -2.12. The number of nitrogens with zero attached hydrogens (tertiary/aromatic N) is 1. The number of nitrogens with one attached hydrogen (secondary N) is 1. The van der Waals surface area contributed by atoms with Gasteiger partial charge in [-0.1, -0.05) is 26.0 Å². The van der Waals surface area contributed by atoms with E-state index in [-0.39, 0.29) is 16.6 Å². The molecule has 0 saturated heterocycles. The summed E-state index contributed by atoms with van der Waals surface area (Å²) in [4.78, 5) is 22.1. The third kappa shape index (κ3) is 4.87. The lowest BCUT2D eigenvalue weighted by molar-refractivity contribution is -0.385. The van der Waals surface area contributed by atoms with Crippen molar-refractivity contribution in [3.05, 3.63) is 39.9 Å². The molecule has 1 amide bonds. The number of carbonyl (C=O) groups excluding carboxylic acids is 1. The Bertz CT molecular complexity index is 463. The van der Waals surface area contributed by atoms with Crippen molar-refractivity contribution in [3.8, 4) is 0 Å². The van der Waals surface area contributed by atoms with Gasteiger partial charge < -0.3 is 5.32 Å². The van der Waals surface area contributed by atoms with Gasteiger partial charge in [0.1, 0.15) is 5.56 Å². The molecule has 0 fully saturated rings. The van der Waals surface area contributed by atoms with Crippen molar-refractivity contribution >= 4 is 23.2 Å². The number of hydrogen-bond acceptors (Lipinski definition) is 3. The number of benzene rings is 1. The number of nitro groups is 1. The Morgan fingerprint density at radius 3 is 2.63 bits per heavy atom. The van der Waals surface area contributed by atoms with Crippen LogP contribution in [0.5, 0.6) is 0 Å². The third-order valence-electron chi connectivity index (χ3n) is 2.56. The molecular formula is C13H17ClN2O3. The molecule has 0 aromatic heterocycles. The summed E-state index contributed by atoms with van der Waals surface area (Å²) >= 11 is 6.06. The van der Waals surface area contributed by atoms with Gasteiger partial charge in [-0.25, -0.2) is 0 Å². The van der Waals surface area contributed by atoms with Crippen LogP contribution in [0.15, 0.2) is 24.3 Å². The summed E-state index contributed by atoms with van der Waals surface area (Å²) in [6, 6.07) is 5.85. The predicted octanol–water partition coefficient (Wildman–Crippen LogP) is 2.98. The third-order valence-corrected chi connectivity index (χ3v) is 2.89. The summed E-state index contributed by atoms with van der Waals surface area (Å²) in [7, 11) is 0. The first-order valence-corrected chi connectivity index (χ1v) is 6.51. The molecule has 6 heteroatoms. The fraction of sp³-hybridized carbons (Fsp3) is 0.462. The second-order valence-corrected chi connectivity index (χ2v) is 5.33. The van der Waals surface area contributed by atoms with Gasteiger partial charge in [-0.05, 0) is 18.4 Å². The molecule has 0 aliphatic rings. The summed E-state index contributed by atoms with van der Waals surface area (Å²) in [5.74, 6) is -0.0350. The second-order valence-electron chi connectivity index (χ2n) is 4.71. The molecule has 0 aliphatic carbocycles. The van der Waals surface area contributed by atoms with E-state index in [0.29, 0.717) is 12.5 Å². The fourth-order valence-electron chi connectivity index (χ4n) is 1.72. The van der Waals surface area contributed by atoms with Crippen molar-refractivity contribution in [1.82, 2.24) is 5.32 Å². The van der Waals surface area contributed by atoms with Crippen LogP contribution in [-0.4, -0.2) is 22.8 Å². The standard InChI is InChI=1S/C13H17ClN2O3/c1-9(2)7-10(14)8-15-13(17)11-5-3-4-6-12(11)16(18)19/h3-6,9-10H,7-8H2,1-2H3,(H,15,17). The van der Waals surface area contributed by atoms with Crippen molar-refractivity contribution in [2.75, 3.05) is 6.54 Å². The topological polar surface area (TPSA) is 72.2 Å². The Balaban J connectivity index is 2.66. The minimum atomic E-state index is -0.568. The molecule has 104 valence electrons. The monoisotopic (exact) mass is 284 g/mol. The average molecular weight is 285 g/mol. The van der Waals surface area contributed by atoms with Crippen molar-refractivity contribution in [1.29, 1.82) is 0 Å². The molecule has 0 bridgehead atoms. The molecule has 1 N–H and O–H groups in total. The first-order valence-electron chi connectivity index (χ1n) is 6.07. The molecule has 19 heavy (non-hydrogen) atoms. The van der Waals surface area contributed by atoms with Crippen molar-refractivity contribution in [2.45, 2.75) is 25.6 Å². The van der Waals surface area contributed by atoms with E-state index in [1.807, 2.05) is 13.8 Å². The number of alkyl halides is 1. The Labute approximate surface area is 117 Å². The molecule has 1 aromatic rings. The van der Waals surface area contributed by atoms with E-state index in [2.05, 4.69) is 5.32 Å². The smallest absolute Gasteiger partial charge is 0.282 e. The van der Waals surface area contributed by atoms with Crippen LogP contribution in [0.4, 0.5) is 5.69 Å². The van der Waals surface area contributed by atoms with E-state index in [0.717, 1.165) is 6.42 Å². The minimum Gasteiger partial charge on any atom is -0.350 e. The van der Waals surface area contributed by atoms with Crippen LogP contribution in [-0.2, 0) is 0 Å². The normalized spacial score (nSPS) is 12.2. The summed E-state index contributed by atoms with van der Waals surface area (Å²) in [6.07, 6.45) is 0.777. The van der Waals surface area contributed by atoms with E-state index in [9.17, 15) is 14.9 Å². The zero-order valence-electron chi connectivity index (χ0n) is 10.9. The zero-order valence-corrected chi connectivity index (χ0v) is 11.7. The molecule has 0 radical (unpaired) electrons. The molecule has 5 nitrogen and oxygen atoms in total. The van der Waals surface area contributed by atoms with Crippen molar-refractivity contribution in [3.63, 3.8) is 0 Å². The van der Waals surface area contributed by atoms with E-state index in [4.69, 9.17) is 11.6 Å². The van der Waals surface area contributed by atoms with E-state index >= 15 is 0 Å². The molecule has 0 spiro atoms. The average Bonchev–Trinajstić information content (AvgIpc) is 2.35. The molecule has 1 aromatic carbocycles. The molecule has 0 aliphatic heterocycles. The number of halogens is 1. The lowest BCUT2D eigenvalue weighted by Crippen LogP contribution is -2.30. The second kappa shape index (κ2) is 7.09. The fourth-order valence-corrected chi connectivity index (χ4v) is 2.15. The van der Waals surface area contributed by atoms with E-state index in [1.54, 1.807) is 6.07 Å². The van der Waals surface area contributed by atoms with Crippen molar-refractivity contribution < 1.29 is 9.72 Å². The van der Waals surface area contributed by atoms with Crippen molar-refractivity contribution in [2.24, 2.45) is 5.92 Å². The first kappa shape index (κ1) is 15.4. The SMILES string of the molecule is CC(C)CC(Cl)CNC(=O)c1ccccc1[N+](=O)[O-]. The maximum atomic E-state index is 11.9. The molecule has 1 unspecified atom stereocenters. The van der Waals surface area contributed by atoms with Gasteiger partial charge in [-0.2, -0.15) is 0 Å². The van der Waals surface area contributed by atoms with Gasteiger partial charge in [0.15, 0.2) is 0 Å². The van der Waals surface area contributed by atoms with Crippen LogP contribution in [0.25, 0.3) is 0 Å². The number of para-hydroxylation sites is 1. The highest BCUT2D eigenvalue weighted by atomic mass is 35.5. The largest absolute Gasteiger partial charge is 0.350 e. The van der Waals surface area contributed by atoms with Gasteiger partial charge in [0, 0.05) is 12.6 Å². The molecule has 1 rings (SSSR count). The number of rotatable bonds is 6. The van der Waals surface area contributed by atoms with Crippen LogP contribution < -0.4 is 5.32 Å². The number of carbonyl (C=O) groups is 1. The van der Waals surface area contributed by atoms with Crippen LogP contribution in [0.2, 0.25) is 0 Å². The summed E-state index contributed by atoms with van der Waals surface area (Å²) in [5.41, 5.74) is -0.143. The van der Waals surface area contributed by atoms with Crippen LogP contribution in [0.3, 0.4) is 0 Å². The van der Waals surface area contributed by atoms with Crippen LogP contribution >= 0.6 is 11.6 Å². The number of hydrogen-bond donors (Lipinski definition) is 1. The van der Waals surface area contributed by atoms with Crippen LogP contribution in [0, 0.1) is 16.0 Å². The van der Waals surface area contributed by atoms with Crippen LogP contribution in [0.1, 0.15) is 30.6 Å². The number of amides is 1. The van der Waals surface area contributed by atoms with Gasteiger partial charge in [-0.15, -0.1) is 11.6 Å². The quantitative estimate of drug-likeness (QED) is 0.496. The van der Waals surface area contributed by atoms with Gasteiger partial charge in [0.2, 0.25) is 0 Å².